The number of ether oxygens (including phenoxy) is 1. The summed E-state index contributed by atoms with van der Waals surface area (Å²) in [6, 6.07) is 0.0948. The summed E-state index contributed by atoms with van der Waals surface area (Å²) in [7, 11) is 0. The first-order valence-corrected chi connectivity index (χ1v) is 5.72. The van der Waals surface area contributed by atoms with Gasteiger partial charge in [0, 0.05) is 13.1 Å². The molecule has 2 rings (SSSR count). The van der Waals surface area contributed by atoms with Gasteiger partial charge in [0.1, 0.15) is 0 Å². The highest BCUT2D eigenvalue weighted by atomic mass is 16.5. The van der Waals surface area contributed by atoms with Crippen molar-refractivity contribution in [2.45, 2.75) is 38.0 Å². The lowest BCUT2D eigenvalue weighted by Crippen LogP contribution is -2.66. The second-order valence-corrected chi connectivity index (χ2v) is 5.40. The highest BCUT2D eigenvalue weighted by Crippen LogP contribution is 2.31. The monoisotopic (exact) mass is 215 g/mol. The number of hydrogen-bond donors (Lipinski definition) is 2. The van der Waals surface area contributed by atoms with Gasteiger partial charge in [0.05, 0.1) is 31.0 Å². The normalized spacial score (nSPS) is 35.8. The molecule has 0 aromatic rings. The van der Waals surface area contributed by atoms with Gasteiger partial charge in [-0.25, -0.2) is 0 Å². The zero-order valence-electron chi connectivity index (χ0n) is 9.52. The molecule has 0 unspecified atom stereocenters. The summed E-state index contributed by atoms with van der Waals surface area (Å²) < 4.78 is 5.20. The molecule has 4 nitrogen and oxygen atoms in total. The number of likely N-dealkylation sites (tertiary alicyclic amines) is 1. The smallest absolute Gasteiger partial charge is 0.0950 e. The van der Waals surface area contributed by atoms with E-state index in [0.717, 1.165) is 6.42 Å². The Balaban J connectivity index is 1.81. The predicted molar refractivity (Wildman–Crippen MR) is 56.6 cm³/mol. The Labute approximate surface area is 90.8 Å². The van der Waals surface area contributed by atoms with Crippen molar-refractivity contribution in [3.8, 4) is 0 Å². The second kappa shape index (κ2) is 4.01. The van der Waals surface area contributed by atoms with Crippen LogP contribution in [0.4, 0.5) is 0 Å². The van der Waals surface area contributed by atoms with Crippen LogP contribution in [0.3, 0.4) is 0 Å². The van der Waals surface area contributed by atoms with Crippen LogP contribution in [-0.2, 0) is 4.74 Å². The van der Waals surface area contributed by atoms with Crippen LogP contribution in [0.1, 0.15) is 20.3 Å². The van der Waals surface area contributed by atoms with Crippen LogP contribution in [0.15, 0.2) is 0 Å². The van der Waals surface area contributed by atoms with E-state index in [0.29, 0.717) is 32.2 Å². The van der Waals surface area contributed by atoms with E-state index in [4.69, 9.17) is 4.74 Å². The maximum absolute atomic E-state index is 10.1. The van der Waals surface area contributed by atoms with Crippen LogP contribution >= 0.6 is 0 Å². The van der Waals surface area contributed by atoms with Gasteiger partial charge in [0.15, 0.2) is 0 Å². The highest BCUT2D eigenvalue weighted by molar-refractivity contribution is 5.01. The van der Waals surface area contributed by atoms with Crippen LogP contribution in [0.2, 0.25) is 0 Å². The number of aliphatic hydroxyl groups excluding tert-OH is 1. The van der Waals surface area contributed by atoms with Gasteiger partial charge < -0.3 is 14.9 Å². The predicted octanol–water partition coefficient (Wildman–Crippen LogP) is -0.161. The molecule has 2 N–H and O–H groups in total. The number of nitrogens with zero attached hydrogens (tertiary/aromatic N) is 1. The minimum absolute atomic E-state index is 0.0948. The van der Waals surface area contributed by atoms with E-state index in [9.17, 15) is 10.2 Å². The van der Waals surface area contributed by atoms with Gasteiger partial charge >= 0.3 is 0 Å². The van der Waals surface area contributed by atoms with E-state index < -0.39 is 5.60 Å². The van der Waals surface area contributed by atoms with Crippen LogP contribution in [0.25, 0.3) is 0 Å². The first-order chi connectivity index (χ1) is 7.00. The zero-order chi connectivity index (χ0) is 11.1. The molecule has 0 aliphatic carbocycles. The maximum atomic E-state index is 10.1. The van der Waals surface area contributed by atoms with Crippen molar-refractivity contribution < 1.29 is 14.9 Å². The molecule has 15 heavy (non-hydrogen) atoms. The van der Waals surface area contributed by atoms with Gasteiger partial charge in [-0.05, 0) is 12.3 Å². The van der Waals surface area contributed by atoms with Crippen molar-refractivity contribution in [1.29, 1.82) is 0 Å². The topological polar surface area (TPSA) is 52.9 Å². The van der Waals surface area contributed by atoms with Crippen molar-refractivity contribution in [1.82, 2.24) is 4.90 Å². The van der Waals surface area contributed by atoms with E-state index in [1.54, 1.807) is 0 Å². The molecule has 88 valence electrons. The van der Waals surface area contributed by atoms with Gasteiger partial charge in [-0.1, -0.05) is 13.8 Å². The highest BCUT2D eigenvalue weighted by Gasteiger charge is 2.47. The van der Waals surface area contributed by atoms with E-state index in [1.165, 1.54) is 0 Å². The fourth-order valence-corrected chi connectivity index (χ4v) is 2.71. The minimum atomic E-state index is -0.531. The third-order valence-corrected chi connectivity index (χ3v) is 3.27. The summed E-state index contributed by atoms with van der Waals surface area (Å²) in [5.74, 6) is 0.516. The molecule has 4 heteroatoms. The summed E-state index contributed by atoms with van der Waals surface area (Å²) in [5, 5.41) is 19.8. The summed E-state index contributed by atoms with van der Waals surface area (Å²) in [5.41, 5.74) is -0.531. The number of rotatable bonds is 3. The largest absolute Gasteiger partial charge is 0.389 e. The Hall–Kier alpha value is -0.160. The lowest BCUT2D eigenvalue weighted by molar-refractivity contribution is -0.135. The molecule has 0 aromatic heterocycles. The van der Waals surface area contributed by atoms with Crippen molar-refractivity contribution >= 4 is 0 Å². The molecular weight excluding hydrogens is 194 g/mol. The van der Waals surface area contributed by atoms with Crippen LogP contribution in [0, 0.1) is 5.92 Å². The minimum Gasteiger partial charge on any atom is -0.389 e. The number of hydrogen-bond acceptors (Lipinski definition) is 4. The Morgan fingerprint density at radius 2 is 2.07 bits per heavy atom. The molecule has 0 aromatic carbocycles. The molecule has 2 aliphatic rings. The third-order valence-electron chi connectivity index (χ3n) is 3.27. The van der Waals surface area contributed by atoms with Gasteiger partial charge in [-0.15, -0.1) is 0 Å². The summed E-state index contributed by atoms with van der Waals surface area (Å²) in [6.07, 6.45) is 0.460. The first kappa shape index (κ1) is 11.3. The fraction of sp³-hybridized carbons (Fsp3) is 1.00. The lowest BCUT2D eigenvalue weighted by Gasteiger charge is -2.50. The number of aliphatic hydroxyl groups is 2. The van der Waals surface area contributed by atoms with E-state index in [1.807, 2.05) is 0 Å². The van der Waals surface area contributed by atoms with Crippen LogP contribution < -0.4 is 0 Å². The summed E-state index contributed by atoms with van der Waals surface area (Å²) in [6.45, 7) is 6.62. The second-order valence-electron chi connectivity index (χ2n) is 5.40. The maximum Gasteiger partial charge on any atom is 0.0950 e. The van der Waals surface area contributed by atoms with E-state index in [-0.39, 0.29) is 12.1 Å². The van der Waals surface area contributed by atoms with Crippen molar-refractivity contribution in [2.24, 2.45) is 5.92 Å². The Kier molecular flexibility index (Phi) is 3.03. The van der Waals surface area contributed by atoms with Crippen molar-refractivity contribution in [3.05, 3.63) is 0 Å². The molecule has 0 saturated carbocycles. The molecule has 2 aliphatic heterocycles. The van der Waals surface area contributed by atoms with Crippen LogP contribution in [-0.4, -0.2) is 59.2 Å². The molecule has 2 atom stereocenters. The Morgan fingerprint density at radius 1 is 1.40 bits per heavy atom. The Bertz CT molecular complexity index is 226. The number of β-amino-alcohol motifs (C(OH)–C–C–N with tert-alkyl or cyclic N) is 1. The molecule has 0 spiro atoms. The SMILES string of the molecule is CC(C)CC1(O)CN([C@@H]2COC[C@H]2O)C1. The van der Waals surface area contributed by atoms with Gasteiger partial charge in [-0.2, -0.15) is 0 Å². The molecule has 2 saturated heterocycles. The van der Waals surface area contributed by atoms with Gasteiger partial charge in [0.2, 0.25) is 0 Å². The van der Waals surface area contributed by atoms with Crippen molar-refractivity contribution in [3.63, 3.8) is 0 Å². The van der Waals surface area contributed by atoms with Gasteiger partial charge in [-0.3, -0.25) is 4.90 Å². The molecule has 2 heterocycles. The average Bonchev–Trinajstić information content (AvgIpc) is 2.45. The Morgan fingerprint density at radius 3 is 2.53 bits per heavy atom. The summed E-state index contributed by atoms with van der Waals surface area (Å²) in [4.78, 5) is 2.13. The molecule has 0 amide bonds. The fourth-order valence-electron chi connectivity index (χ4n) is 2.71. The van der Waals surface area contributed by atoms with Crippen LogP contribution in [0.5, 0.6) is 0 Å². The van der Waals surface area contributed by atoms with E-state index >= 15 is 0 Å². The molecule has 2 fully saturated rings. The van der Waals surface area contributed by atoms with Gasteiger partial charge in [0.25, 0.3) is 0 Å². The molecule has 0 radical (unpaired) electrons. The quantitative estimate of drug-likeness (QED) is 0.687. The summed E-state index contributed by atoms with van der Waals surface area (Å²) >= 11 is 0. The lowest BCUT2D eigenvalue weighted by atomic mass is 9.84. The van der Waals surface area contributed by atoms with E-state index in [2.05, 4.69) is 18.7 Å². The average molecular weight is 215 g/mol. The first-order valence-electron chi connectivity index (χ1n) is 5.72. The standard InChI is InChI=1S/C11H21NO3/c1-8(2)3-11(14)6-12(7-11)9-4-15-5-10(9)13/h8-10,13-14H,3-7H2,1-2H3/t9-,10-/m1/s1. The molecular formula is C11H21NO3. The van der Waals surface area contributed by atoms with Crippen molar-refractivity contribution in [2.75, 3.05) is 26.3 Å². The third kappa shape index (κ3) is 2.33. The zero-order valence-corrected chi connectivity index (χ0v) is 9.52. The molecule has 0 bridgehead atoms.